The highest BCUT2D eigenvalue weighted by Gasteiger charge is 2.25. The van der Waals surface area contributed by atoms with Crippen LogP contribution in [0, 0.1) is 5.82 Å². The molecule has 0 bridgehead atoms. The lowest BCUT2D eigenvalue weighted by atomic mass is 10.2. The molecule has 1 amide bonds. The average molecular weight is 528 g/mol. The molecule has 0 atom stereocenters. The van der Waals surface area contributed by atoms with Crippen molar-refractivity contribution in [2.45, 2.75) is 47.9 Å². The zero-order valence-corrected chi connectivity index (χ0v) is 21.9. The Morgan fingerprint density at radius 3 is 2.82 bits per heavy atom. The van der Waals surface area contributed by atoms with Crippen LogP contribution >= 0.6 is 11.8 Å². The number of carbonyl (C=O) groups excluding carboxylic acids is 1. The molecule has 0 radical (unpaired) electrons. The number of hydrogen-bond donors (Lipinski definition) is 2. The number of rotatable bonds is 9. The number of benzene rings is 2. The summed E-state index contributed by atoms with van der Waals surface area (Å²) in [5, 5.41) is 11.6. The molecule has 4 aromatic rings. The molecule has 1 aliphatic carbocycles. The molecule has 2 aromatic carbocycles. The monoisotopic (exact) mass is 527 g/mol. The Kier molecular flexibility index (Phi) is 7.25. The third kappa shape index (κ3) is 5.97. The van der Waals surface area contributed by atoms with Crippen molar-refractivity contribution in [3.63, 3.8) is 0 Å². The quantitative estimate of drug-likeness (QED) is 0.281. The first-order valence-corrected chi connectivity index (χ1v) is 14.1. The van der Waals surface area contributed by atoms with Crippen LogP contribution < -0.4 is 5.32 Å². The lowest BCUT2D eigenvalue weighted by Gasteiger charge is -2.13. The SMILES string of the molecule is O=C(NC1CC1)c1cc(F)ccc1Sc1ccc2c(/C=C/c3cccc(CCN4CCCC4)n3)n[nH]c2c1. The third-order valence-corrected chi connectivity index (χ3v) is 8.08. The van der Waals surface area contributed by atoms with E-state index < -0.39 is 5.82 Å². The standard InChI is InChI=1S/C30H30FN5OS/c31-20-6-13-29(26(18-20)30(37)33-23-7-8-23)38-24-10-11-25-27(34-35-28(25)19-24)12-9-21-4-3-5-22(32-21)14-17-36-15-1-2-16-36/h3-6,9-13,18-19,23H,1-2,7-8,14-17H2,(H,33,37)(H,34,35)/b12-9+. The van der Waals surface area contributed by atoms with Crippen LogP contribution in [0.15, 0.2) is 64.4 Å². The topological polar surface area (TPSA) is 73.9 Å². The Bertz CT molecular complexity index is 1490. The number of likely N-dealkylation sites (tertiary alicyclic amines) is 1. The molecular formula is C30H30FN5OS. The maximum absolute atomic E-state index is 13.9. The van der Waals surface area contributed by atoms with Crippen LogP contribution in [0.3, 0.4) is 0 Å². The first-order chi connectivity index (χ1) is 18.6. The Morgan fingerprint density at radius 2 is 1.97 bits per heavy atom. The number of fused-ring (bicyclic) bond motifs is 1. The maximum Gasteiger partial charge on any atom is 0.252 e. The fraction of sp³-hybridized carbons (Fsp3) is 0.300. The average Bonchev–Trinajstić information content (AvgIpc) is 3.41. The minimum Gasteiger partial charge on any atom is -0.349 e. The van der Waals surface area contributed by atoms with E-state index in [9.17, 15) is 9.18 Å². The first kappa shape index (κ1) is 24.8. The summed E-state index contributed by atoms with van der Waals surface area (Å²) in [6.45, 7) is 3.47. The molecule has 6 rings (SSSR count). The maximum atomic E-state index is 13.9. The van der Waals surface area contributed by atoms with Crippen molar-refractivity contribution < 1.29 is 9.18 Å². The largest absolute Gasteiger partial charge is 0.349 e. The zero-order chi connectivity index (χ0) is 25.9. The molecule has 1 saturated carbocycles. The van der Waals surface area contributed by atoms with E-state index in [0.29, 0.717) is 5.56 Å². The van der Waals surface area contributed by atoms with Gasteiger partial charge in [-0.3, -0.25) is 14.9 Å². The van der Waals surface area contributed by atoms with Gasteiger partial charge in [0, 0.05) is 39.9 Å². The lowest BCUT2D eigenvalue weighted by molar-refractivity contribution is 0.0947. The van der Waals surface area contributed by atoms with E-state index in [1.54, 1.807) is 6.07 Å². The number of amides is 1. The van der Waals surface area contributed by atoms with Gasteiger partial charge in [0.05, 0.1) is 22.5 Å². The number of pyridine rings is 1. The zero-order valence-electron chi connectivity index (χ0n) is 21.1. The van der Waals surface area contributed by atoms with Gasteiger partial charge in [-0.05, 0) is 99.5 Å². The molecule has 2 aromatic heterocycles. The second-order valence-corrected chi connectivity index (χ2v) is 11.1. The Balaban J connectivity index is 1.16. The van der Waals surface area contributed by atoms with Crippen molar-refractivity contribution in [3.05, 3.63) is 83.1 Å². The minimum atomic E-state index is -0.414. The molecule has 2 N–H and O–H groups in total. The molecule has 1 aliphatic heterocycles. The summed E-state index contributed by atoms with van der Waals surface area (Å²) in [7, 11) is 0. The number of nitrogens with zero attached hydrogens (tertiary/aromatic N) is 3. The van der Waals surface area contributed by atoms with Crippen molar-refractivity contribution in [2.75, 3.05) is 19.6 Å². The van der Waals surface area contributed by atoms with E-state index in [0.717, 1.165) is 63.6 Å². The van der Waals surface area contributed by atoms with Gasteiger partial charge >= 0.3 is 0 Å². The summed E-state index contributed by atoms with van der Waals surface area (Å²) in [5.74, 6) is -0.638. The Morgan fingerprint density at radius 1 is 1.11 bits per heavy atom. The summed E-state index contributed by atoms with van der Waals surface area (Å²) >= 11 is 1.44. The molecule has 1 saturated heterocycles. The van der Waals surface area contributed by atoms with Crippen molar-refractivity contribution in [1.29, 1.82) is 0 Å². The van der Waals surface area contributed by atoms with Gasteiger partial charge in [-0.1, -0.05) is 17.8 Å². The van der Waals surface area contributed by atoms with Gasteiger partial charge in [-0.15, -0.1) is 0 Å². The number of halogens is 1. The Hall–Kier alpha value is -3.49. The van der Waals surface area contributed by atoms with Gasteiger partial charge in [-0.25, -0.2) is 4.39 Å². The van der Waals surface area contributed by atoms with Gasteiger partial charge in [0.1, 0.15) is 5.82 Å². The van der Waals surface area contributed by atoms with E-state index in [1.165, 1.54) is 49.8 Å². The van der Waals surface area contributed by atoms with Crippen LogP contribution in [0.2, 0.25) is 0 Å². The van der Waals surface area contributed by atoms with Gasteiger partial charge in [0.2, 0.25) is 0 Å². The number of carbonyl (C=O) groups is 1. The van der Waals surface area contributed by atoms with Gasteiger partial charge < -0.3 is 10.2 Å². The highest BCUT2D eigenvalue weighted by Crippen LogP contribution is 2.34. The minimum absolute atomic E-state index is 0.212. The third-order valence-electron chi connectivity index (χ3n) is 7.01. The molecular weight excluding hydrogens is 497 g/mol. The van der Waals surface area contributed by atoms with E-state index in [1.807, 2.05) is 36.4 Å². The fourth-order valence-corrected chi connectivity index (χ4v) is 5.73. The second kappa shape index (κ2) is 11.1. The number of aromatic nitrogens is 3. The van der Waals surface area contributed by atoms with E-state index in [4.69, 9.17) is 4.98 Å². The van der Waals surface area contributed by atoms with Gasteiger partial charge in [-0.2, -0.15) is 5.10 Å². The highest BCUT2D eigenvalue weighted by molar-refractivity contribution is 7.99. The summed E-state index contributed by atoms with van der Waals surface area (Å²) in [4.78, 5) is 21.6. The molecule has 2 fully saturated rings. The summed E-state index contributed by atoms with van der Waals surface area (Å²) in [6.07, 6.45) is 9.52. The summed E-state index contributed by atoms with van der Waals surface area (Å²) in [6, 6.07) is 16.8. The molecule has 194 valence electrons. The normalized spacial score (nSPS) is 16.0. The fourth-order valence-electron chi connectivity index (χ4n) is 4.77. The van der Waals surface area contributed by atoms with Crippen LogP contribution in [-0.4, -0.2) is 51.7 Å². The van der Waals surface area contributed by atoms with Crippen molar-refractivity contribution in [3.8, 4) is 0 Å². The molecule has 8 heteroatoms. The highest BCUT2D eigenvalue weighted by atomic mass is 32.2. The number of H-pyrrole nitrogens is 1. The second-order valence-electron chi connectivity index (χ2n) is 9.99. The number of hydrogen-bond acceptors (Lipinski definition) is 5. The molecule has 3 heterocycles. The van der Waals surface area contributed by atoms with Crippen molar-refractivity contribution in [2.24, 2.45) is 0 Å². The molecule has 2 aliphatic rings. The first-order valence-electron chi connectivity index (χ1n) is 13.2. The van der Waals surface area contributed by atoms with Gasteiger partial charge in [0.15, 0.2) is 0 Å². The van der Waals surface area contributed by atoms with Crippen LogP contribution in [0.4, 0.5) is 4.39 Å². The summed E-state index contributed by atoms with van der Waals surface area (Å²) in [5.41, 5.74) is 4.13. The van der Waals surface area contributed by atoms with Crippen molar-refractivity contribution >= 4 is 40.7 Å². The molecule has 0 spiro atoms. The summed E-state index contributed by atoms with van der Waals surface area (Å²) < 4.78 is 13.9. The molecule has 38 heavy (non-hydrogen) atoms. The Labute approximate surface area is 225 Å². The van der Waals surface area contributed by atoms with Crippen molar-refractivity contribution in [1.82, 2.24) is 25.4 Å². The predicted octanol–water partition coefficient (Wildman–Crippen LogP) is 5.95. The lowest BCUT2D eigenvalue weighted by Crippen LogP contribution is -2.26. The predicted molar refractivity (Wildman–Crippen MR) is 150 cm³/mol. The van der Waals surface area contributed by atoms with Gasteiger partial charge in [0.25, 0.3) is 5.91 Å². The number of nitrogens with one attached hydrogen (secondary N) is 2. The number of aromatic amines is 1. The molecule has 0 unspecified atom stereocenters. The smallest absolute Gasteiger partial charge is 0.252 e. The van der Waals surface area contributed by atoms with E-state index >= 15 is 0 Å². The van der Waals surface area contributed by atoms with Crippen LogP contribution in [0.1, 0.15) is 53.1 Å². The van der Waals surface area contributed by atoms with Crippen LogP contribution in [0.5, 0.6) is 0 Å². The van der Waals surface area contributed by atoms with E-state index in [-0.39, 0.29) is 11.9 Å². The van der Waals surface area contributed by atoms with Crippen LogP contribution in [0.25, 0.3) is 23.1 Å². The van der Waals surface area contributed by atoms with Crippen LogP contribution in [-0.2, 0) is 6.42 Å². The molecule has 6 nitrogen and oxygen atoms in total. The van der Waals surface area contributed by atoms with E-state index in [2.05, 4.69) is 32.5 Å².